The zero-order valence-electron chi connectivity index (χ0n) is 13.9. The average molecular weight is 422 g/mol. The van der Waals surface area contributed by atoms with Crippen LogP contribution in [0.5, 0.6) is 0 Å². The standard InChI is InChI=1S/C18H10ClF2N3O3S/c19-15-5-4-14(28-15)13-6-9(23-27-13)8-24-12(18(25)26)7-22-17(24)16-10(20)2-1-3-11(16)21/h1-7H,8H2,(H,25,26). The molecule has 0 saturated heterocycles. The summed E-state index contributed by atoms with van der Waals surface area (Å²) in [6.07, 6.45) is 1.05. The molecule has 0 spiro atoms. The molecule has 0 fully saturated rings. The number of halogens is 3. The van der Waals surface area contributed by atoms with E-state index in [1.807, 2.05) is 0 Å². The second-order valence-electron chi connectivity index (χ2n) is 5.74. The van der Waals surface area contributed by atoms with E-state index in [2.05, 4.69) is 10.1 Å². The first-order chi connectivity index (χ1) is 13.4. The molecule has 0 aliphatic rings. The summed E-state index contributed by atoms with van der Waals surface area (Å²) in [7, 11) is 0. The third-order valence-corrected chi connectivity index (χ3v) is 5.20. The molecular weight excluding hydrogens is 412 g/mol. The van der Waals surface area contributed by atoms with E-state index in [1.165, 1.54) is 22.0 Å². The largest absolute Gasteiger partial charge is 0.477 e. The fourth-order valence-corrected chi connectivity index (χ4v) is 3.72. The van der Waals surface area contributed by atoms with Gasteiger partial charge >= 0.3 is 5.97 Å². The Hall–Kier alpha value is -3.04. The maximum Gasteiger partial charge on any atom is 0.354 e. The van der Waals surface area contributed by atoms with Crippen LogP contribution in [0.1, 0.15) is 16.2 Å². The molecule has 0 atom stereocenters. The number of hydrogen-bond donors (Lipinski definition) is 1. The van der Waals surface area contributed by atoms with Crippen LogP contribution in [0.2, 0.25) is 4.34 Å². The van der Waals surface area contributed by atoms with Crippen LogP contribution in [-0.2, 0) is 6.54 Å². The molecule has 0 unspecified atom stereocenters. The number of thiophene rings is 1. The number of rotatable bonds is 5. The Kier molecular flexibility index (Phi) is 4.70. The van der Waals surface area contributed by atoms with E-state index in [0.717, 1.165) is 23.2 Å². The fourth-order valence-electron chi connectivity index (χ4n) is 2.73. The highest BCUT2D eigenvalue weighted by atomic mass is 35.5. The summed E-state index contributed by atoms with van der Waals surface area (Å²) in [5.74, 6) is -2.70. The van der Waals surface area contributed by atoms with E-state index >= 15 is 0 Å². The highest BCUT2D eigenvalue weighted by Gasteiger charge is 2.23. The predicted molar refractivity (Wildman–Crippen MR) is 98.5 cm³/mol. The number of imidazole rings is 1. The van der Waals surface area contributed by atoms with Crippen molar-refractivity contribution in [2.45, 2.75) is 6.54 Å². The molecule has 6 nitrogen and oxygen atoms in total. The smallest absolute Gasteiger partial charge is 0.354 e. The molecule has 0 bridgehead atoms. The van der Waals surface area contributed by atoms with Gasteiger partial charge < -0.3 is 14.2 Å². The zero-order chi connectivity index (χ0) is 19.8. The third-order valence-electron chi connectivity index (χ3n) is 3.96. The molecule has 10 heteroatoms. The van der Waals surface area contributed by atoms with Gasteiger partial charge in [-0.25, -0.2) is 18.6 Å². The van der Waals surface area contributed by atoms with Crippen LogP contribution < -0.4 is 0 Å². The first-order valence-electron chi connectivity index (χ1n) is 7.88. The van der Waals surface area contributed by atoms with Gasteiger partial charge in [-0.1, -0.05) is 22.8 Å². The number of carboxylic acid groups (broad SMARTS) is 1. The van der Waals surface area contributed by atoms with Gasteiger partial charge in [-0.2, -0.15) is 0 Å². The number of carbonyl (C=O) groups is 1. The maximum atomic E-state index is 14.2. The number of aromatic nitrogens is 3. The van der Waals surface area contributed by atoms with Crippen molar-refractivity contribution < 1.29 is 23.2 Å². The van der Waals surface area contributed by atoms with Crippen molar-refractivity contribution in [1.29, 1.82) is 0 Å². The third kappa shape index (κ3) is 3.30. The second kappa shape index (κ2) is 7.17. The van der Waals surface area contributed by atoms with Crippen molar-refractivity contribution in [3.05, 3.63) is 70.0 Å². The first-order valence-corrected chi connectivity index (χ1v) is 9.08. The summed E-state index contributed by atoms with van der Waals surface area (Å²) in [6, 6.07) is 8.45. The lowest BCUT2D eigenvalue weighted by Crippen LogP contribution is -2.12. The zero-order valence-corrected chi connectivity index (χ0v) is 15.5. The topological polar surface area (TPSA) is 81.1 Å². The highest BCUT2D eigenvalue weighted by Crippen LogP contribution is 2.32. The molecule has 0 saturated carbocycles. The van der Waals surface area contributed by atoms with Crippen molar-refractivity contribution in [2.24, 2.45) is 0 Å². The highest BCUT2D eigenvalue weighted by molar-refractivity contribution is 7.19. The summed E-state index contributed by atoms with van der Waals surface area (Å²) in [5, 5.41) is 13.3. The predicted octanol–water partition coefficient (Wildman–Crippen LogP) is 4.94. The lowest BCUT2D eigenvalue weighted by Gasteiger charge is -2.09. The molecule has 0 radical (unpaired) electrons. The molecule has 4 aromatic rings. The summed E-state index contributed by atoms with van der Waals surface area (Å²) < 4.78 is 35.4. The van der Waals surface area contributed by atoms with Crippen LogP contribution >= 0.6 is 22.9 Å². The number of benzene rings is 1. The average Bonchev–Trinajstić information content (AvgIpc) is 3.36. The maximum absolute atomic E-state index is 14.2. The molecule has 0 amide bonds. The summed E-state index contributed by atoms with van der Waals surface area (Å²) >= 11 is 7.21. The van der Waals surface area contributed by atoms with E-state index in [-0.39, 0.29) is 18.1 Å². The minimum Gasteiger partial charge on any atom is -0.477 e. The molecule has 4 rings (SSSR count). The van der Waals surface area contributed by atoms with Crippen molar-refractivity contribution in [1.82, 2.24) is 14.7 Å². The molecule has 28 heavy (non-hydrogen) atoms. The number of nitrogens with zero attached hydrogens (tertiary/aromatic N) is 3. The van der Waals surface area contributed by atoms with E-state index in [1.54, 1.807) is 18.2 Å². The van der Waals surface area contributed by atoms with E-state index in [4.69, 9.17) is 16.1 Å². The van der Waals surface area contributed by atoms with Gasteiger partial charge in [-0.05, 0) is 24.3 Å². The van der Waals surface area contributed by atoms with Crippen LogP contribution in [0.25, 0.3) is 22.0 Å². The number of hydrogen-bond acceptors (Lipinski definition) is 5. The van der Waals surface area contributed by atoms with Gasteiger partial charge in [0.05, 0.1) is 27.5 Å². The van der Waals surface area contributed by atoms with Gasteiger partial charge in [0.25, 0.3) is 0 Å². The number of carboxylic acids is 1. The van der Waals surface area contributed by atoms with Gasteiger partial charge in [-0.3, -0.25) is 0 Å². The lowest BCUT2D eigenvalue weighted by atomic mass is 10.2. The van der Waals surface area contributed by atoms with Gasteiger partial charge in [-0.15, -0.1) is 11.3 Å². The van der Waals surface area contributed by atoms with Crippen LogP contribution in [0.4, 0.5) is 8.78 Å². The Labute approximate surface area is 165 Å². The Balaban J connectivity index is 1.76. The van der Waals surface area contributed by atoms with Crippen molar-refractivity contribution in [3.63, 3.8) is 0 Å². The number of aromatic carboxylic acids is 1. The van der Waals surface area contributed by atoms with Crippen LogP contribution in [0.15, 0.2) is 47.1 Å². The summed E-state index contributed by atoms with van der Waals surface area (Å²) in [4.78, 5) is 16.2. The van der Waals surface area contributed by atoms with E-state index in [0.29, 0.717) is 15.8 Å². The van der Waals surface area contributed by atoms with Crippen LogP contribution in [-0.4, -0.2) is 25.8 Å². The molecule has 3 aromatic heterocycles. The van der Waals surface area contributed by atoms with E-state index < -0.39 is 23.2 Å². The fraction of sp³-hybridized carbons (Fsp3) is 0.0556. The van der Waals surface area contributed by atoms with Crippen LogP contribution in [0, 0.1) is 11.6 Å². The monoisotopic (exact) mass is 421 g/mol. The molecule has 1 aromatic carbocycles. The molecule has 3 heterocycles. The van der Waals surface area contributed by atoms with Gasteiger partial charge in [0, 0.05) is 6.07 Å². The lowest BCUT2D eigenvalue weighted by molar-refractivity contribution is 0.0685. The Morgan fingerprint density at radius 1 is 1.25 bits per heavy atom. The molecular formula is C18H10ClF2N3O3S. The minimum absolute atomic E-state index is 0.104. The molecule has 0 aliphatic carbocycles. The van der Waals surface area contributed by atoms with Crippen LogP contribution in [0.3, 0.4) is 0 Å². The quantitative estimate of drug-likeness (QED) is 0.493. The normalized spacial score (nSPS) is 11.1. The molecule has 0 aliphatic heterocycles. The molecule has 1 N–H and O–H groups in total. The Morgan fingerprint density at radius 2 is 2.00 bits per heavy atom. The van der Waals surface area contributed by atoms with E-state index in [9.17, 15) is 18.7 Å². The van der Waals surface area contributed by atoms with Gasteiger partial charge in [0.2, 0.25) is 0 Å². The first kappa shape index (κ1) is 18.3. The SMILES string of the molecule is O=C(O)c1cnc(-c2c(F)cccc2F)n1Cc1cc(-c2ccc(Cl)s2)on1. The summed E-state index contributed by atoms with van der Waals surface area (Å²) in [5.41, 5.74) is -0.289. The minimum atomic E-state index is -1.29. The van der Waals surface area contributed by atoms with Gasteiger partial charge in [0.15, 0.2) is 5.76 Å². The van der Waals surface area contributed by atoms with Crippen molar-refractivity contribution in [3.8, 4) is 22.0 Å². The Bertz CT molecular complexity index is 1160. The van der Waals surface area contributed by atoms with Gasteiger partial charge in [0.1, 0.15) is 28.8 Å². The van der Waals surface area contributed by atoms with Crippen molar-refractivity contribution in [2.75, 3.05) is 0 Å². The molecule has 142 valence electrons. The second-order valence-corrected chi connectivity index (χ2v) is 7.46. The summed E-state index contributed by atoms with van der Waals surface area (Å²) in [6.45, 7) is -0.104. The van der Waals surface area contributed by atoms with Crippen molar-refractivity contribution >= 4 is 28.9 Å². The Morgan fingerprint density at radius 3 is 2.64 bits per heavy atom.